The van der Waals surface area contributed by atoms with Crippen LogP contribution in [0.1, 0.15) is 25.3 Å². The van der Waals surface area contributed by atoms with Crippen molar-refractivity contribution < 1.29 is 18.3 Å². The molecule has 1 fully saturated rings. The third kappa shape index (κ3) is 4.12. The first-order chi connectivity index (χ1) is 9.93. The van der Waals surface area contributed by atoms with Gasteiger partial charge in [-0.25, -0.2) is 13.2 Å². The molecular weight excluding hydrogens is 292 g/mol. The SMILES string of the molecule is CCN(CC1CC1)S(=O)(=O)c1cncc(C=CC(=O)O)c1. The highest BCUT2D eigenvalue weighted by Crippen LogP contribution is 2.31. The summed E-state index contributed by atoms with van der Waals surface area (Å²) in [5.41, 5.74) is 0.445. The van der Waals surface area contributed by atoms with Crippen LogP contribution < -0.4 is 0 Å². The molecule has 0 amide bonds. The summed E-state index contributed by atoms with van der Waals surface area (Å²) in [5, 5.41) is 8.60. The summed E-state index contributed by atoms with van der Waals surface area (Å²) in [7, 11) is -3.58. The van der Waals surface area contributed by atoms with Crippen molar-refractivity contribution in [3.05, 3.63) is 30.1 Å². The minimum Gasteiger partial charge on any atom is -0.478 e. The Morgan fingerprint density at radius 1 is 1.48 bits per heavy atom. The minimum atomic E-state index is -3.58. The Kier molecular flexibility index (Phi) is 4.74. The predicted octanol–water partition coefficient (Wildman–Crippen LogP) is 1.60. The van der Waals surface area contributed by atoms with Crippen LogP contribution in [-0.2, 0) is 14.8 Å². The number of sulfonamides is 1. The average molecular weight is 310 g/mol. The summed E-state index contributed by atoms with van der Waals surface area (Å²) in [6, 6.07) is 1.44. The van der Waals surface area contributed by atoms with Crippen LogP contribution in [0.25, 0.3) is 6.08 Å². The van der Waals surface area contributed by atoms with Crippen LogP contribution in [0.15, 0.2) is 29.4 Å². The number of rotatable bonds is 7. The van der Waals surface area contributed by atoms with Gasteiger partial charge in [0.05, 0.1) is 0 Å². The fourth-order valence-electron chi connectivity index (χ4n) is 1.97. The lowest BCUT2D eigenvalue weighted by atomic mass is 10.2. The van der Waals surface area contributed by atoms with E-state index in [0.717, 1.165) is 18.9 Å². The van der Waals surface area contributed by atoms with Gasteiger partial charge in [-0.1, -0.05) is 6.92 Å². The van der Waals surface area contributed by atoms with Gasteiger partial charge in [-0.3, -0.25) is 4.98 Å². The molecule has 0 saturated heterocycles. The van der Waals surface area contributed by atoms with E-state index in [4.69, 9.17) is 5.11 Å². The summed E-state index contributed by atoms with van der Waals surface area (Å²) < 4.78 is 26.6. The van der Waals surface area contributed by atoms with Crippen molar-refractivity contribution in [1.29, 1.82) is 0 Å². The topological polar surface area (TPSA) is 87.6 Å². The van der Waals surface area contributed by atoms with E-state index in [9.17, 15) is 13.2 Å². The third-order valence-electron chi connectivity index (χ3n) is 3.30. The van der Waals surface area contributed by atoms with Crippen molar-refractivity contribution >= 4 is 22.1 Å². The third-order valence-corrected chi connectivity index (χ3v) is 5.21. The van der Waals surface area contributed by atoms with Gasteiger partial charge in [0.15, 0.2) is 0 Å². The van der Waals surface area contributed by atoms with Gasteiger partial charge in [0.2, 0.25) is 10.0 Å². The first kappa shape index (κ1) is 15.7. The van der Waals surface area contributed by atoms with Gasteiger partial charge >= 0.3 is 5.97 Å². The van der Waals surface area contributed by atoms with E-state index in [0.29, 0.717) is 24.6 Å². The monoisotopic (exact) mass is 310 g/mol. The molecule has 0 aliphatic heterocycles. The van der Waals surface area contributed by atoms with Crippen molar-refractivity contribution in [2.75, 3.05) is 13.1 Å². The highest BCUT2D eigenvalue weighted by molar-refractivity contribution is 7.89. The van der Waals surface area contributed by atoms with Gasteiger partial charge in [0.1, 0.15) is 4.90 Å². The molecule has 0 radical (unpaired) electrons. The Labute approximate surface area is 124 Å². The standard InChI is InChI=1S/C14H18N2O4S/c1-2-16(10-11-3-4-11)21(19,20)13-7-12(8-15-9-13)5-6-14(17)18/h5-9,11H,2-4,10H2,1H3,(H,17,18). The number of hydrogen-bond donors (Lipinski definition) is 1. The normalized spacial score (nSPS) is 15.7. The summed E-state index contributed by atoms with van der Waals surface area (Å²) >= 11 is 0. The fourth-order valence-corrected chi connectivity index (χ4v) is 3.49. The van der Waals surface area contributed by atoms with E-state index < -0.39 is 16.0 Å². The highest BCUT2D eigenvalue weighted by atomic mass is 32.2. The lowest BCUT2D eigenvalue weighted by Crippen LogP contribution is -2.32. The predicted molar refractivity (Wildman–Crippen MR) is 78.1 cm³/mol. The van der Waals surface area contributed by atoms with Crippen molar-refractivity contribution in [1.82, 2.24) is 9.29 Å². The molecule has 6 nitrogen and oxygen atoms in total. The number of nitrogens with zero attached hydrogens (tertiary/aromatic N) is 2. The zero-order valence-electron chi connectivity index (χ0n) is 11.8. The number of pyridine rings is 1. The summed E-state index contributed by atoms with van der Waals surface area (Å²) in [6.45, 7) is 2.75. The van der Waals surface area contributed by atoms with E-state index in [1.54, 1.807) is 0 Å². The Bertz CT molecular complexity index is 651. The quantitative estimate of drug-likeness (QED) is 0.773. The van der Waals surface area contributed by atoms with Crippen LogP contribution in [-0.4, -0.2) is 41.9 Å². The van der Waals surface area contributed by atoms with Crippen molar-refractivity contribution in [3.8, 4) is 0 Å². The van der Waals surface area contributed by atoms with Crippen LogP contribution in [0.5, 0.6) is 0 Å². The van der Waals surface area contributed by atoms with Crippen molar-refractivity contribution in [2.45, 2.75) is 24.7 Å². The maximum absolute atomic E-state index is 12.6. The molecule has 0 atom stereocenters. The van der Waals surface area contributed by atoms with Gasteiger partial charge in [-0.15, -0.1) is 0 Å². The molecule has 1 aliphatic carbocycles. The van der Waals surface area contributed by atoms with E-state index in [2.05, 4.69) is 4.98 Å². The molecule has 1 saturated carbocycles. The van der Waals surface area contributed by atoms with Gasteiger partial charge in [0, 0.05) is 31.6 Å². The number of carbonyl (C=O) groups is 1. The molecule has 7 heteroatoms. The van der Waals surface area contributed by atoms with Crippen LogP contribution in [0.4, 0.5) is 0 Å². The summed E-state index contributed by atoms with van der Waals surface area (Å²) in [4.78, 5) is 14.5. The van der Waals surface area contributed by atoms with Crippen LogP contribution >= 0.6 is 0 Å². The van der Waals surface area contributed by atoms with Crippen LogP contribution in [0, 0.1) is 5.92 Å². The Morgan fingerprint density at radius 3 is 2.76 bits per heavy atom. The lowest BCUT2D eigenvalue weighted by Gasteiger charge is -2.20. The number of aromatic nitrogens is 1. The molecule has 21 heavy (non-hydrogen) atoms. The molecule has 2 rings (SSSR count). The lowest BCUT2D eigenvalue weighted by molar-refractivity contribution is -0.131. The molecule has 1 aromatic heterocycles. The molecule has 0 bridgehead atoms. The second-order valence-electron chi connectivity index (χ2n) is 5.02. The molecule has 0 spiro atoms. The Morgan fingerprint density at radius 2 is 2.19 bits per heavy atom. The molecule has 114 valence electrons. The number of hydrogen-bond acceptors (Lipinski definition) is 4. The van der Waals surface area contributed by atoms with Gasteiger partial charge in [-0.2, -0.15) is 4.31 Å². The average Bonchev–Trinajstić information content (AvgIpc) is 3.26. The fraction of sp³-hybridized carbons (Fsp3) is 0.429. The van der Waals surface area contributed by atoms with E-state index >= 15 is 0 Å². The molecule has 0 aromatic carbocycles. The molecule has 0 unspecified atom stereocenters. The molecule has 1 N–H and O–H groups in total. The summed E-state index contributed by atoms with van der Waals surface area (Å²) in [5.74, 6) is -0.630. The highest BCUT2D eigenvalue weighted by Gasteiger charge is 2.30. The van der Waals surface area contributed by atoms with Crippen LogP contribution in [0.3, 0.4) is 0 Å². The van der Waals surface area contributed by atoms with Crippen molar-refractivity contribution in [2.24, 2.45) is 5.92 Å². The zero-order chi connectivity index (χ0) is 15.5. The first-order valence-electron chi connectivity index (χ1n) is 6.79. The minimum absolute atomic E-state index is 0.0949. The van der Waals surface area contributed by atoms with Gasteiger partial charge in [-0.05, 0) is 36.5 Å². The second-order valence-corrected chi connectivity index (χ2v) is 6.96. The van der Waals surface area contributed by atoms with E-state index in [-0.39, 0.29) is 4.90 Å². The zero-order valence-corrected chi connectivity index (χ0v) is 12.6. The number of aliphatic carboxylic acids is 1. The van der Waals surface area contributed by atoms with Crippen LogP contribution in [0.2, 0.25) is 0 Å². The summed E-state index contributed by atoms with van der Waals surface area (Å²) in [6.07, 6.45) is 7.15. The second kappa shape index (κ2) is 6.36. The molecule has 1 aliphatic rings. The first-order valence-corrected chi connectivity index (χ1v) is 8.23. The van der Waals surface area contributed by atoms with E-state index in [1.165, 1.54) is 28.8 Å². The Hall–Kier alpha value is -1.73. The van der Waals surface area contributed by atoms with Gasteiger partial charge in [0.25, 0.3) is 0 Å². The molecule has 1 aromatic rings. The number of carboxylic acid groups (broad SMARTS) is 1. The molecular formula is C14H18N2O4S. The maximum atomic E-state index is 12.6. The molecule has 1 heterocycles. The maximum Gasteiger partial charge on any atom is 0.328 e. The van der Waals surface area contributed by atoms with Gasteiger partial charge < -0.3 is 5.11 Å². The smallest absolute Gasteiger partial charge is 0.328 e. The van der Waals surface area contributed by atoms with Crippen molar-refractivity contribution in [3.63, 3.8) is 0 Å². The van der Waals surface area contributed by atoms with E-state index in [1.807, 2.05) is 6.92 Å². The largest absolute Gasteiger partial charge is 0.478 e. The number of carboxylic acids is 1. The Balaban J connectivity index is 2.26.